The quantitative estimate of drug-likeness (QED) is 0.312. The van der Waals surface area contributed by atoms with Crippen LogP contribution in [0.2, 0.25) is 0 Å². The molecule has 0 heterocycles. The second kappa shape index (κ2) is 11.0. The maximum absolute atomic E-state index is 8.22. The van der Waals surface area contributed by atoms with Crippen LogP contribution in [0.3, 0.4) is 0 Å². The Hall–Kier alpha value is -1.03. The number of nitrogens with zero attached hydrogens (tertiary/aromatic N) is 1. The largest absolute Gasteiger partial charge is 0.193 e. The van der Waals surface area contributed by atoms with Gasteiger partial charge in [0.1, 0.15) is 0 Å². The third kappa shape index (κ3) is 11.0. The molecule has 0 spiro atoms. The maximum atomic E-state index is 8.22. The van der Waals surface area contributed by atoms with E-state index in [1.165, 1.54) is 32.1 Å². The van der Waals surface area contributed by atoms with E-state index in [0.717, 1.165) is 12.8 Å². The summed E-state index contributed by atoms with van der Waals surface area (Å²) in [6.07, 6.45) is 14.1. The van der Waals surface area contributed by atoms with Crippen LogP contribution in [0.5, 0.6) is 0 Å². The zero-order valence-electron chi connectivity index (χ0n) is 8.34. The van der Waals surface area contributed by atoms with Gasteiger partial charge in [0.2, 0.25) is 0 Å². The molecule has 0 aromatic rings. The van der Waals surface area contributed by atoms with Gasteiger partial charge in [0.25, 0.3) is 0 Å². The normalized spacial score (nSPS) is 10.1. The average molecular weight is 177 g/mol. The highest BCUT2D eigenvalue weighted by atomic mass is 14.2. The van der Waals surface area contributed by atoms with Gasteiger partial charge >= 0.3 is 0 Å². The van der Waals surface area contributed by atoms with Crippen molar-refractivity contribution in [2.24, 2.45) is 0 Å². The van der Waals surface area contributed by atoms with Gasteiger partial charge < -0.3 is 0 Å². The van der Waals surface area contributed by atoms with Crippen molar-refractivity contribution in [3.05, 3.63) is 24.8 Å². The Balaban J connectivity index is 2.96. The van der Waals surface area contributed by atoms with Crippen molar-refractivity contribution in [3.8, 4) is 6.07 Å². The summed E-state index contributed by atoms with van der Waals surface area (Å²) in [5, 5.41) is 8.22. The zero-order chi connectivity index (χ0) is 9.78. The van der Waals surface area contributed by atoms with Gasteiger partial charge in [-0.15, -0.1) is 6.58 Å². The van der Waals surface area contributed by atoms with Crippen molar-refractivity contribution in [2.75, 3.05) is 0 Å². The summed E-state index contributed by atoms with van der Waals surface area (Å²) in [5.41, 5.74) is 0. The van der Waals surface area contributed by atoms with Crippen molar-refractivity contribution < 1.29 is 0 Å². The summed E-state index contributed by atoms with van der Waals surface area (Å²) in [4.78, 5) is 0. The van der Waals surface area contributed by atoms with Crippen LogP contribution in [0, 0.1) is 11.3 Å². The summed E-state index contributed by atoms with van der Waals surface area (Å²) in [5.74, 6) is 0. The number of hydrogen-bond acceptors (Lipinski definition) is 1. The van der Waals surface area contributed by atoms with Gasteiger partial charge in [0.15, 0.2) is 0 Å². The van der Waals surface area contributed by atoms with Crippen molar-refractivity contribution in [2.45, 2.75) is 44.9 Å². The highest BCUT2D eigenvalue weighted by Crippen LogP contribution is 2.07. The van der Waals surface area contributed by atoms with Crippen LogP contribution in [0.4, 0.5) is 0 Å². The van der Waals surface area contributed by atoms with Crippen LogP contribution in [0.1, 0.15) is 44.9 Å². The molecule has 1 nitrogen and oxygen atoms in total. The van der Waals surface area contributed by atoms with Gasteiger partial charge in [-0.25, -0.2) is 0 Å². The molecular weight excluding hydrogens is 158 g/mol. The molecule has 0 aromatic heterocycles. The molecule has 0 unspecified atom stereocenters. The smallest absolute Gasteiger partial charge is 0.0908 e. The lowest BCUT2D eigenvalue weighted by Crippen LogP contribution is -1.77. The fraction of sp³-hybridized carbons (Fsp3) is 0.583. The van der Waals surface area contributed by atoms with E-state index >= 15 is 0 Å². The van der Waals surface area contributed by atoms with E-state index in [2.05, 4.69) is 6.58 Å². The summed E-state index contributed by atoms with van der Waals surface area (Å²) in [6, 6.07) is 1.99. The monoisotopic (exact) mass is 177 g/mol. The minimum atomic E-state index is 1.05. The molecule has 0 bridgehead atoms. The molecule has 0 amide bonds. The molecule has 0 saturated heterocycles. The lowest BCUT2D eigenvalue weighted by atomic mass is 10.1. The predicted molar refractivity (Wildman–Crippen MR) is 57.3 cm³/mol. The van der Waals surface area contributed by atoms with Crippen LogP contribution in [-0.4, -0.2) is 0 Å². The van der Waals surface area contributed by atoms with Crippen molar-refractivity contribution in [1.82, 2.24) is 0 Å². The van der Waals surface area contributed by atoms with Crippen molar-refractivity contribution in [1.29, 1.82) is 5.26 Å². The van der Waals surface area contributed by atoms with Crippen LogP contribution < -0.4 is 0 Å². The van der Waals surface area contributed by atoms with Crippen molar-refractivity contribution in [3.63, 3.8) is 0 Å². The summed E-state index contributed by atoms with van der Waals surface area (Å²) in [7, 11) is 0. The fourth-order valence-corrected chi connectivity index (χ4v) is 1.22. The molecule has 0 aromatic carbocycles. The van der Waals surface area contributed by atoms with Crippen LogP contribution >= 0.6 is 0 Å². The molecule has 0 rings (SSSR count). The first kappa shape index (κ1) is 12.0. The minimum absolute atomic E-state index is 1.05. The number of allylic oxidation sites excluding steroid dienone is 3. The summed E-state index contributed by atoms with van der Waals surface area (Å²) in [6.45, 7) is 3.69. The lowest BCUT2D eigenvalue weighted by Gasteiger charge is -1.97. The molecule has 0 saturated carbocycles. The Kier molecular flexibility index (Phi) is 10.1. The molecule has 72 valence electrons. The first-order valence-electron chi connectivity index (χ1n) is 5.07. The molecule has 0 aliphatic carbocycles. The van der Waals surface area contributed by atoms with E-state index in [0.29, 0.717) is 0 Å². The average Bonchev–Trinajstić information content (AvgIpc) is 2.16. The molecule has 0 radical (unpaired) electrons. The SMILES string of the molecule is C=CCCCCCCCC=CC#N. The Morgan fingerprint density at radius 3 is 2.23 bits per heavy atom. The van der Waals surface area contributed by atoms with Gasteiger partial charge in [-0.1, -0.05) is 31.4 Å². The third-order valence-corrected chi connectivity index (χ3v) is 1.97. The molecule has 0 aliphatic rings. The Morgan fingerprint density at radius 1 is 1.00 bits per heavy atom. The number of rotatable bonds is 8. The maximum Gasteiger partial charge on any atom is 0.0908 e. The number of unbranched alkanes of at least 4 members (excludes halogenated alkanes) is 6. The van der Waals surface area contributed by atoms with E-state index in [1.807, 2.05) is 18.2 Å². The molecule has 0 aliphatic heterocycles. The summed E-state index contributed by atoms with van der Waals surface area (Å²) < 4.78 is 0. The van der Waals surface area contributed by atoms with E-state index in [9.17, 15) is 0 Å². The molecule has 0 fully saturated rings. The van der Waals surface area contributed by atoms with E-state index < -0.39 is 0 Å². The molecule has 1 heteroatoms. The molecule has 13 heavy (non-hydrogen) atoms. The fourth-order valence-electron chi connectivity index (χ4n) is 1.22. The topological polar surface area (TPSA) is 23.8 Å². The van der Waals surface area contributed by atoms with E-state index in [-0.39, 0.29) is 0 Å². The van der Waals surface area contributed by atoms with E-state index in [1.54, 1.807) is 6.08 Å². The Labute approximate surface area is 81.8 Å². The minimum Gasteiger partial charge on any atom is -0.193 e. The third-order valence-electron chi connectivity index (χ3n) is 1.97. The van der Waals surface area contributed by atoms with E-state index in [4.69, 9.17) is 5.26 Å². The Morgan fingerprint density at radius 2 is 1.62 bits per heavy atom. The van der Waals surface area contributed by atoms with Gasteiger partial charge in [0.05, 0.1) is 6.07 Å². The van der Waals surface area contributed by atoms with Crippen molar-refractivity contribution >= 4 is 0 Å². The molecule has 0 atom stereocenters. The van der Waals surface area contributed by atoms with Crippen LogP contribution in [-0.2, 0) is 0 Å². The first-order valence-corrected chi connectivity index (χ1v) is 5.07. The number of hydrogen-bond donors (Lipinski definition) is 0. The van der Waals surface area contributed by atoms with Crippen LogP contribution in [0.15, 0.2) is 24.8 Å². The van der Waals surface area contributed by atoms with Gasteiger partial charge in [0, 0.05) is 6.08 Å². The highest BCUT2D eigenvalue weighted by Gasteiger charge is 1.87. The number of nitriles is 1. The molecular formula is C12H19N. The predicted octanol–water partition coefficient (Wildman–Crippen LogP) is 3.98. The standard InChI is InChI=1S/C12H19N/c1-2-3-4-5-6-7-8-9-10-11-12-13/h2,10-11H,1,3-9H2. The van der Waals surface area contributed by atoms with Gasteiger partial charge in [-0.05, 0) is 25.7 Å². The zero-order valence-corrected chi connectivity index (χ0v) is 8.34. The molecule has 0 N–H and O–H groups in total. The van der Waals surface area contributed by atoms with Crippen LogP contribution in [0.25, 0.3) is 0 Å². The van der Waals surface area contributed by atoms with Gasteiger partial charge in [-0.3, -0.25) is 0 Å². The highest BCUT2D eigenvalue weighted by molar-refractivity contribution is 5.01. The van der Waals surface area contributed by atoms with Gasteiger partial charge in [-0.2, -0.15) is 5.26 Å². The Bertz CT molecular complexity index is 174. The second-order valence-electron chi connectivity index (χ2n) is 3.17. The summed E-state index contributed by atoms with van der Waals surface area (Å²) >= 11 is 0. The lowest BCUT2D eigenvalue weighted by molar-refractivity contribution is 0.622. The first-order chi connectivity index (χ1) is 6.41. The second-order valence-corrected chi connectivity index (χ2v) is 3.17.